The Labute approximate surface area is 179 Å². The normalized spacial score (nSPS) is 21.7. The molecular formula is C23H33N5O2. The summed E-state index contributed by atoms with van der Waals surface area (Å²) >= 11 is 0. The average Bonchev–Trinajstić information content (AvgIpc) is 2.88. The van der Waals surface area contributed by atoms with E-state index in [4.69, 9.17) is 4.98 Å². The van der Waals surface area contributed by atoms with Crippen molar-refractivity contribution in [2.45, 2.75) is 77.4 Å². The molecular weight excluding hydrogens is 378 g/mol. The van der Waals surface area contributed by atoms with Crippen LogP contribution in [0.4, 0.5) is 5.82 Å². The predicted octanol–water partition coefficient (Wildman–Crippen LogP) is 3.09. The summed E-state index contributed by atoms with van der Waals surface area (Å²) in [5.74, 6) is 0.540. The number of hydrogen-bond acceptors (Lipinski definition) is 5. The number of amides is 2. The fourth-order valence-corrected chi connectivity index (χ4v) is 4.06. The second-order valence-electron chi connectivity index (χ2n) is 9.22. The Morgan fingerprint density at radius 1 is 1.33 bits per heavy atom. The molecule has 1 saturated heterocycles. The van der Waals surface area contributed by atoms with Crippen molar-refractivity contribution in [3.63, 3.8) is 0 Å². The maximum Gasteiger partial charge on any atom is 0.253 e. The highest BCUT2D eigenvalue weighted by atomic mass is 16.2. The number of aryl methyl sites for hydroxylation is 1. The molecule has 2 aliphatic rings. The fourth-order valence-electron chi connectivity index (χ4n) is 4.06. The van der Waals surface area contributed by atoms with Crippen molar-refractivity contribution in [2.75, 3.05) is 11.9 Å². The zero-order valence-electron chi connectivity index (χ0n) is 18.5. The summed E-state index contributed by atoms with van der Waals surface area (Å²) in [6.07, 6.45) is 9.36. The Balaban J connectivity index is 1.77. The lowest BCUT2D eigenvalue weighted by molar-refractivity contribution is -0.129. The molecule has 0 radical (unpaired) electrons. The summed E-state index contributed by atoms with van der Waals surface area (Å²) in [4.78, 5) is 36.1. The van der Waals surface area contributed by atoms with E-state index in [-0.39, 0.29) is 29.4 Å². The van der Waals surface area contributed by atoms with Crippen LogP contribution in [0.15, 0.2) is 24.9 Å². The van der Waals surface area contributed by atoms with Crippen molar-refractivity contribution in [1.29, 1.82) is 0 Å². The minimum Gasteiger partial charge on any atom is -0.366 e. The largest absolute Gasteiger partial charge is 0.366 e. The van der Waals surface area contributed by atoms with Crippen LogP contribution in [0.3, 0.4) is 0 Å². The van der Waals surface area contributed by atoms with Crippen molar-refractivity contribution in [3.8, 4) is 0 Å². The number of likely N-dealkylation sites (tertiary alicyclic amines) is 1. The highest BCUT2D eigenvalue weighted by Crippen LogP contribution is 2.26. The van der Waals surface area contributed by atoms with Gasteiger partial charge < -0.3 is 15.5 Å². The van der Waals surface area contributed by atoms with E-state index in [1.807, 2.05) is 31.7 Å². The molecule has 1 aromatic heterocycles. The van der Waals surface area contributed by atoms with E-state index in [1.54, 1.807) is 6.20 Å². The molecule has 0 unspecified atom stereocenters. The Bertz CT molecular complexity index is 856. The van der Waals surface area contributed by atoms with Gasteiger partial charge in [-0.05, 0) is 65.9 Å². The van der Waals surface area contributed by atoms with Gasteiger partial charge in [0.25, 0.3) is 5.91 Å². The van der Waals surface area contributed by atoms with E-state index < -0.39 is 0 Å². The third-order valence-corrected chi connectivity index (χ3v) is 5.49. The lowest BCUT2D eigenvalue weighted by Gasteiger charge is -2.37. The first-order chi connectivity index (χ1) is 14.2. The van der Waals surface area contributed by atoms with Crippen LogP contribution in [0, 0.1) is 0 Å². The first-order valence-electron chi connectivity index (χ1n) is 10.8. The lowest BCUT2D eigenvalue weighted by Crippen LogP contribution is -2.47. The van der Waals surface area contributed by atoms with Gasteiger partial charge in [0, 0.05) is 24.2 Å². The number of piperidine rings is 1. The van der Waals surface area contributed by atoms with Gasteiger partial charge in [0.2, 0.25) is 5.91 Å². The van der Waals surface area contributed by atoms with Gasteiger partial charge in [0.15, 0.2) is 0 Å². The third-order valence-electron chi connectivity index (χ3n) is 5.49. The van der Waals surface area contributed by atoms with Crippen molar-refractivity contribution >= 4 is 23.2 Å². The van der Waals surface area contributed by atoms with Crippen molar-refractivity contribution in [1.82, 2.24) is 20.2 Å². The van der Waals surface area contributed by atoms with E-state index in [1.165, 1.54) is 6.08 Å². The highest BCUT2D eigenvalue weighted by Gasteiger charge is 2.28. The van der Waals surface area contributed by atoms with Gasteiger partial charge in [-0.25, -0.2) is 4.98 Å². The molecule has 1 aliphatic heterocycles. The van der Waals surface area contributed by atoms with Crippen LogP contribution in [-0.4, -0.2) is 50.8 Å². The Morgan fingerprint density at radius 3 is 2.77 bits per heavy atom. The van der Waals surface area contributed by atoms with Crippen LogP contribution in [0.2, 0.25) is 0 Å². The number of anilines is 1. The third kappa shape index (κ3) is 5.26. The van der Waals surface area contributed by atoms with Crippen LogP contribution in [0.1, 0.15) is 64.8 Å². The van der Waals surface area contributed by atoms with Crippen molar-refractivity contribution in [3.05, 3.63) is 36.3 Å². The first kappa shape index (κ1) is 22.0. The molecule has 7 nitrogen and oxygen atoms in total. The molecule has 2 heterocycles. The quantitative estimate of drug-likeness (QED) is 0.744. The number of carbonyl (C=O) groups excluding carboxylic acids is 2. The Hall–Kier alpha value is -2.70. The van der Waals surface area contributed by atoms with E-state index in [0.29, 0.717) is 23.6 Å². The SMILES string of the molecule is C=CC(=O)N1CC[C@H](Nc2cnc3c(n2)C(C(=O)NC(C)(C)C)=CCCC3)C[C@@H]1C. The minimum atomic E-state index is -0.319. The fraction of sp³-hybridized carbons (Fsp3) is 0.565. The zero-order valence-corrected chi connectivity index (χ0v) is 18.5. The van der Waals surface area contributed by atoms with Crippen molar-refractivity contribution < 1.29 is 9.59 Å². The summed E-state index contributed by atoms with van der Waals surface area (Å²) in [6, 6.07) is 0.325. The molecule has 0 bridgehead atoms. The second-order valence-corrected chi connectivity index (χ2v) is 9.22. The summed E-state index contributed by atoms with van der Waals surface area (Å²) in [7, 11) is 0. The van der Waals surface area contributed by atoms with Gasteiger partial charge in [-0.1, -0.05) is 12.7 Å². The van der Waals surface area contributed by atoms with Gasteiger partial charge >= 0.3 is 0 Å². The topological polar surface area (TPSA) is 87.2 Å². The van der Waals surface area contributed by atoms with E-state index in [2.05, 4.69) is 29.1 Å². The first-order valence-corrected chi connectivity index (χ1v) is 10.8. The van der Waals surface area contributed by atoms with Gasteiger partial charge in [-0.15, -0.1) is 0 Å². The van der Waals surface area contributed by atoms with E-state index >= 15 is 0 Å². The minimum absolute atomic E-state index is 0.0228. The number of rotatable bonds is 4. The number of fused-ring (bicyclic) bond motifs is 1. The molecule has 1 fully saturated rings. The molecule has 2 amide bonds. The molecule has 162 valence electrons. The molecule has 0 saturated carbocycles. The number of nitrogens with zero attached hydrogens (tertiary/aromatic N) is 3. The number of aromatic nitrogens is 2. The van der Waals surface area contributed by atoms with Crippen molar-refractivity contribution in [2.24, 2.45) is 0 Å². The molecule has 0 spiro atoms. The van der Waals surface area contributed by atoms with Crippen LogP contribution >= 0.6 is 0 Å². The van der Waals surface area contributed by atoms with Crippen LogP contribution in [-0.2, 0) is 16.0 Å². The summed E-state index contributed by atoms with van der Waals surface area (Å²) in [5, 5.41) is 6.51. The maximum atomic E-state index is 12.9. The van der Waals surface area contributed by atoms with Gasteiger partial charge in [-0.2, -0.15) is 0 Å². The monoisotopic (exact) mass is 411 g/mol. The highest BCUT2D eigenvalue weighted by molar-refractivity contribution is 6.19. The number of carbonyl (C=O) groups is 2. The predicted molar refractivity (Wildman–Crippen MR) is 119 cm³/mol. The standard InChI is InChI=1S/C23H33N5O2/c1-6-20(29)28-12-11-16(13-15(28)2)25-19-14-24-18-10-8-7-9-17(21(18)26-19)22(30)27-23(3,4)5/h6,9,14-16H,1,7-8,10-13H2,2-5H3,(H,25,26)(H,27,30)/t15-,16-/m0/s1. The second kappa shape index (κ2) is 8.98. The number of allylic oxidation sites excluding steroid dienone is 1. The average molecular weight is 412 g/mol. The van der Waals surface area contributed by atoms with E-state index in [0.717, 1.165) is 37.8 Å². The molecule has 3 rings (SSSR count). The summed E-state index contributed by atoms with van der Waals surface area (Å²) in [5.41, 5.74) is 1.83. The summed E-state index contributed by atoms with van der Waals surface area (Å²) in [6.45, 7) is 12.2. The number of hydrogen-bond donors (Lipinski definition) is 2. The van der Waals surface area contributed by atoms with Crippen LogP contribution in [0.5, 0.6) is 0 Å². The molecule has 1 aromatic rings. The molecule has 1 aliphatic carbocycles. The van der Waals surface area contributed by atoms with Crippen LogP contribution < -0.4 is 10.6 Å². The smallest absolute Gasteiger partial charge is 0.253 e. The molecule has 30 heavy (non-hydrogen) atoms. The lowest BCUT2D eigenvalue weighted by atomic mass is 9.98. The zero-order chi connectivity index (χ0) is 21.9. The van der Waals surface area contributed by atoms with E-state index in [9.17, 15) is 9.59 Å². The maximum absolute atomic E-state index is 12.9. The van der Waals surface area contributed by atoms with Gasteiger partial charge in [0.1, 0.15) is 5.82 Å². The van der Waals surface area contributed by atoms with Crippen LogP contribution in [0.25, 0.3) is 5.57 Å². The Morgan fingerprint density at radius 2 is 2.10 bits per heavy atom. The summed E-state index contributed by atoms with van der Waals surface area (Å²) < 4.78 is 0. The molecule has 0 aromatic carbocycles. The Kier molecular flexibility index (Phi) is 6.58. The molecule has 2 atom stereocenters. The van der Waals surface area contributed by atoms with Gasteiger partial charge in [0.05, 0.1) is 23.2 Å². The van der Waals surface area contributed by atoms with Gasteiger partial charge in [-0.3, -0.25) is 14.6 Å². The molecule has 2 N–H and O–H groups in total. The number of nitrogens with one attached hydrogen (secondary N) is 2. The molecule has 7 heteroatoms.